The number of thiophene rings is 1. The molecule has 3 fully saturated rings. The number of anilines is 2. The molecule has 3 amide bonds. The minimum absolute atomic E-state index is 0.0378. The molecule has 0 bridgehead atoms. The maximum Gasteiger partial charge on any atom is 0.261 e. The van der Waals surface area contributed by atoms with Gasteiger partial charge in [-0.3, -0.25) is 19.3 Å². The molecule has 1 saturated heterocycles. The first-order valence-corrected chi connectivity index (χ1v) is 14.3. The van der Waals surface area contributed by atoms with Crippen LogP contribution in [0, 0.1) is 17.7 Å². The van der Waals surface area contributed by atoms with Crippen LogP contribution in [0.15, 0.2) is 30.3 Å². The lowest BCUT2D eigenvalue weighted by atomic mass is 9.84. The van der Waals surface area contributed by atoms with E-state index in [0.717, 1.165) is 38.8 Å². The van der Waals surface area contributed by atoms with E-state index >= 15 is 4.39 Å². The zero-order valence-electron chi connectivity index (χ0n) is 21.1. The monoisotopic (exact) mass is 562 g/mol. The molecule has 2 aliphatic carbocycles. The molecule has 3 aliphatic rings. The molecule has 2 heterocycles. The van der Waals surface area contributed by atoms with Crippen LogP contribution >= 0.6 is 22.9 Å². The third-order valence-corrected chi connectivity index (χ3v) is 8.64. The van der Waals surface area contributed by atoms with Gasteiger partial charge in [0.2, 0.25) is 5.91 Å². The van der Waals surface area contributed by atoms with Gasteiger partial charge in [-0.15, -0.1) is 11.3 Å². The zero-order valence-corrected chi connectivity index (χ0v) is 22.7. The molecular weight excluding hydrogens is 531 g/mol. The van der Waals surface area contributed by atoms with Crippen LogP contribution in [0.4, 0.5) is 15.8 Å². The number of halogens is 2. The third kappa shape index (κ3) is 6.72. The maximum atomic E-state index is 15.1. The molecule has 11 heteroatoms. The first kappa shape index (κ1) is 27.1. The molecule has 0 radical (unpaired) electrons. The Morgan fingerprint density at radius 2 is 1.92 bits per heavy atom. The molecule has 0 spiro atoms. The minimum atomic E-state index is -0.657. The van der Waals surface area contributed by atoms with E-state index in [9.17, 15) is 14.4 Å². The van der Waals surface area contributed by atoms with Crippen molar-refractivity contribution < 1.29 is 23.5 Å². The molecule has 2 aromatic rings. The standard InChI is InChI=1S/C27H32ClFN4O4S/c28-24-9-8-23(38-24)27(36)30-13-22(32(15-18-4-5-18)14-17-2-1-3-17)26(35)31-21-7-6-19(12-20(21)29)33-10-11-37-16-25(33)34/h6-9,12,17-18,22H,1-5,10-11,13-16H2,(H,30,36)(H,31,35)/t22-/m0/s1. The number of benzene rings is 1. The van der Waals surface area contributed by atoms with Gasteiger partial charge in [-0.05, 0) is 67.9 Å². The van der Waals surface area contributed by atoms with Crippen molar-refractivity contribution in [2.75, 3.05) is 49.6 Å². The smallest absolute Gasteiger partial charge is 0.261 e. The van der Waals surface area contributed by atoms with Crippen molar-refractivity contribution in [2.45, 2.75) is 38.1 Å². The average Bonchev–Trinajstić information content (AvgIpc) is 3.59. The normalized spacial score (nSPS) is 18.8. The molecule has 1 atom stereocenters. The van der Waals surface area contributed by atoms with E-state index in [0.29, 0.717) is 39.9 Å². The third-order valence-electron chi connectivity index (χ3n) is 7.41. The van der Waals surface area contributed by atoms with Crippen molar-refractivity contribution in [3.63, 3.8) is 0 Å². The summed E-state index contributed by atoms with van der Waals surface area (Å²) in [4.78, 5) is 42.6. The van der Waals surface area contributed by atoms with Gasteiger partial charge in [0, 0.05) is 31.9 Å². The van der Waals surface area contributed by atoms with E-state index in [1.165, 1.54) is 34.8 Å². The number of hydrogen-bond donors (Lipinski definition) is 2. The van der Waals surface area contributed by atoms with E-state index in [2.05, 4.69) is 15.5 Å². The zero-order chi connectivity index (χ0) is 26.6. The van der Waals surface area contributed by atoms with Crippen LogP contribution in [0.3, 0.4) is 0 Å². The number of carbonyl (C=O) groups excluding carboxylic acids is 3. The molecule has 2 saturated carbocycles. The molecule has 1 aromatic heterocycles. The number of rotatable bonds is 11. The number of ether oxygens (including phenoxy) is 1. The highest BCUT2D eigenvalue weighted by molar-refractivity contribution is 7.18. The molecule has 204 valence electrons. The molecule has 0 unspecified atom stereocenters. The molecule has 5 rings (SSSR count). The summed E-state index contributed by atoms with van der Waals surface area (Å²) in [7, 11) is 0. The molecule has 1 aliphatic heterocycles. The fraction of sp³-hybridized carbons (Fsp3) is 0.519. The van der Waals surface area contributed by atoms with Crippen molar-refractivity contribution in [1.29, 1.82) is 0 Å². The van der Waals surface area contributed by atoms with Gasteiger partial charge in [-0.2, -0.15) is 0 Å². The Bertz CT molecular complexity index is 1190. The van der Waals surface area contributed by atoms with E-state index in [4.69, 9.17) is 16.3 Å². The van der Waals surface area contributed by atoms with Crippen molar-refractivity contribution in [3.8, 4) is 0 Å². The fourth-order valence-corrected chi connectivity index (χ4v) is 5.81. The lowest BCUT2D eigenvalue weighted by Crippen LogP contribution is -2.53. The van der Waals surface area contributed by atoms with Gasteiger partial charge in [-0.1, -0.05) is 18.0 Å². The second kappa shape index (κ2) is 12.1. The predicted molar refractivity (Wildman–Crippen MR) is 145 cm³/mol. The Morgan fingerprint density at radius 3 is 2.53 bits per heavy atom. The predicted octanol–water partition coefficient (Wildman–Crippen LogP) is 4.15. The number of carbonyl (C=O) groups is 3. The number of nitrogens with zero attached hydrogens (tertiary/aromatic N) is 2. The van der Waals surface area contributed by atoms with Gasteiger partial charge < -0.3 is 20.3 Å². The summed E-state index contributed by atoms with van der Waals surface area (Å²) in [5.41, 5.74) is 0.461. The average molecular weight is 563 g/mol. The minimum Gasteiger partial charge on any atom is -0.370 e. The summed E-state index contributed by atoms with van der Waals surface area (Å²) in [5.74, 6) is -0.456. The van der Waals surface area contributed by atoms with Crippen LogP contribution < -0.4 is 15.5 Å². The van der Waals surface area contributed by atoms with Crippen molar-refractivity contribution in [1.82, 2.24) is 10.2 Å². The Hall–Kier alpha value is -2.53. The van der Waals surface area contributed by atoms with E-state index in [1.54, 1.807) is 18.2 Å². The molecule has 1 aromatic carbocycles. The van der Waals surface area contributed by atoms with Gasteiger partial charge in [0.05, 0.1) is 21.5 Å². The molecular formula is C27H32ClFN4O4S. The molecule has 2 N–H and O–H groups in total. The van der Waals surface area contributed by atoms with E-state index in [1.807, 2.05) is 0 Å². The van der Waals surface area contributed by atoms with Crippen molar-refractivity contribution in [3.05, 3.63) is 45.4 Å². The highest BCUT2D eigenvalue weighted by Crippen LogP contribution is 2.33. The summed E-state index contributed by atoms with van der Waals surface area (Å²) in [6, 6.07) is 7.02. The van der Waals surface area contributed by atoms with Crippen LogP contribution in [-0.2, 0) is 14.3 Å². The summed E-state index contributed by atoms with van der Waals surface area (Å²) < 4.78 is 20.8. The van der Waals surface area contributed by atoms with Crippen LogP contribution in [0.2, 0.25) is 4.34 Å². The molecule has 8 nitrogen and oxygen atoms in total. The maximum absolute atomic E-state index is 15.1. The van der Waals surface area contributed by atoms with Crippen LogP contribution in [0.25, 0.3) is 0 Å². The Morgan fingerprint density at radius 1 is 1.16 bits per heavy atom. The summed E-state index contributed by atoms with van der Waals surface area (Å²) >= 11 is 7.17. The van der Waals surface area contributed by atoms with Gasteiger partial charge in [0.25, 0.3) is 11.8 Å². The summed E-state index contributed by atoms with van der Waals surface area (Å²) in [6.45, 7) is 2.34. The van der Waals surface area contributed by atoms with Gasteiger partial charge in [0.1, 0.15) is 18.5 Å². The second-order valence-electron chi connectivity index (χ2n) is 10.3. The topological polar surface area (TPSA) is 91.0 Å². The fourth-order valence-electron chi connectivity index (χ4n) is 4.85. The number of nitrogens with one attached hydrogen (secondary N) is 2. The van der Waals surface area contributed by atoms with E-state index < -0.39 is 11.9 Å². The number of amides is 3. The lowest BCUT2D eigenvalue weighted by Gasteiger charge is -2.37. The number of morpholine rings is 1. The van der Waals surface area contributed by atoms with Crippen molar-refractivity contribution in [2.24, 2.45) is 11.8 Å². The SMILES string of the molecule is O=C(NC[C@@H](C(=O)Nc1ccc(N2CCOCC2=O)cc1F)N(CC1CCC1)CC1CC1)c1ccc(Cl)s1. The van der Waals surface area contributed by atoms with Crippen LogP contribution in [0.5, 0.6) is 0 Å². The summed E-state index contributed by atoms with van der Waals surface area (Å²) in [6.07, 6.45) is 5.72. The lowest BCUT2D eigenvalue weighted by molar-refractivity contribution is -0.125. The van der Waals surface area contributed by atoms with Gasteiger partial charge in [0.15, 0.2) is 0 Å². The highest BCUT2D eigenvalue weighted by atomic mass is 35.5. The largest absolute Gasteiger partial charge is 0.370 e. The van der Waals surface area contributed by atoms with Gasteiger partial charge in [-0.25, -0.2) is 4.39 Å². The molecule has 38 heavy (non-hydrogen) atoms. The van der Waals surface area contributed by atoms with Crippen molar-refractivity contribution >= 4 is 52.0 Å². The Labute approximate surface area is 230 Å². The van der Waals surface area contributed by atoms with Gasteiger partial charge >= 0.3 is 0 Å². The Balaban J connectivity index is 1.32. The quantitative estimate of drug-likeness (QED) is 0.429. The van der Waals surface area contributed by atoms with Crippen LogP contribution in [-0.4, -0.2) is 68.1 Å². The Kier molecular flexibility index (Phi) is 8.62. The van der Waals surface area contributed by atoms with Crippen LogP contribution in [0.1, 0.15) is 41.8 Å². The first-order chi connectivity index (χ1) is 18.4. The number of hydrogen-bond acceptors (Lipinski definition) is 6. The van der Waals surface area contributed by atoms with E-state index in [-0.39, 0.29) is 36.6 Å². The first-order valence-electron chi connectivity index (χ1n) is 13.1. The highest BCUT2D eigenvalue weighted by Gasteiger charge is 2.35. The summed E-state index contributed by atoms with van der Waals surface area (Å²) in [5, 5.41) is 5.64. The second-order valence-corrected chi connectivity index (χ2v) is 12.0.